The average Bonchev–Trinajstić information content (AvgIpc) is 2.76. The van der Waals surface area contributed by atoms with Crippen LogP contribution in [0.2, 0.25) is 0 Å². The Hall–Kier alpha value is 0.0300. The van der Waals surface area contributed by atoms with Crippen LogP contribution in [0.1, 0.15) is 117 Å². The van der Waals surface area contributed by atoms with E-state index in [1.807, 2.05) is 28.1 Å². The van der Waals surface area contributed by atoms with Crippen molar-refractivity contribution in [1.82, 2.24) is 0 Å². The summed E-state index contributed by atoms with van der Waals surface area (Å²) in [6.07, 6.45) is 21.8. The smallest absolute Gasteiger partial charge is 0.381 e. The highest BCUT2D eigenvalue weighted by Crippen LogP contribution is 2.43. The molecule has 0 aromatic heterocycles. The van der Waals surface area contributed by atoms with Gasteiger partial charge in [0.2, 0.25) is 0 Å². The Kier molecular flexibility index (Phi) is 22.3. The van der Waals surface area contributed by atoms with Gasteiger partial charge < -0.3 is 14.1 Å². The molecule has 0 rings (SSSR count). The van der Waals surface area contributed by atoms with E-state index in [0.29, 0.717) is 17.6 Å². The quantitative estimate of drug-likeness (QED) is 0.0735. The molecule has 1 unspecified atom stereocenters. The van der Waals surface area contributed by atoms with Crippen LogP contribution < -0.4 is 0 Å². The van der Waals surface area contributed by atoms with Gasteiger partial charge in [-0.15, -0.1) is 0 Å². The lowest BCUT2D eigenvalue weighted by Crippen LogP contribution is -2.37. The molecule has 0 fully saturated rings. The first-order valence-corrected chi connectivity index (χ1v) is 15.7. The topological polar surface area (TPSA) is 65.0 Å². The highest BCUT2D eigenvalue weighted by atomic mass is 31.2. The van der Waals surface area contributed by atoms with Crippen molar-refractivity contribution in [2.24, 2.45) is 5.92 Å². The maximum absolute atomic E-state index is 11.9. The first-order valence-electron chi connectivity index (χ1n) is 14.2. The monoisotopic (exact) mass is 508 g/mol. The zero-order valence-electron chi connectivity index (χ0n) is 23.4. The lowest BCUT2D eigenvalue weighted by Gasteiger charge is -2.24. The fourth-order valence-electron chi connectivity index (χ4n) is 3.77. The van der Waals surface area contributed by atoms with Crippen molar-refractivity contribution in [3.05, 3.63) is 0 Å². The van der Waals surface area contributed by atoms with Gasteiger partial charge in [-0.2, -0.15) is 0 Å². The molecule has 0 bridgehead atoms. The van der Waals surface area contributed by atoms with E-state index in [-0.39, 0.29) is 19.1 Å². The molecule has 0 amide bonds. The molecule has 0 aliphatic rings. The number of unbranched alkanes of at least 4 members (excludes halogenated alkanes) is 15. The largest absolute Gasteiger partial charge is 0.472 e. The summed E-state index contributed by atoms with van der Waals surface area (Å²) in [4.78, 5) is 9.75. The van der Waals surface area contributed by atoms with E-state index in [1.165, 1.54) is 96.3 Å². The first kappa shape index (κ1) is 34.0. The van der Waals surface area contributed by atoms with Crippen molar-refractivity contribution in [1.29, 1.82) is 0 Å². The Morgan fingerprint density at radius 2 is 1.12 bits per heavy atom. The zero-order valence-corrected chi connectivity index (χ0v) is 24.3. The van der Waals surface area contributed by atoms with E-state index in [2.05, 4.69) is 6.92 Å². The Morgan fingerprint density at radius 3 is 1.56 bits per heavy atom. The summed E-state index contributed by atoms with van der Waals surface area (Å²) in [7, 11) is 2.04. The van der Waals surface area contributed by atoms with Crippen LogP contribution in [0.25, 0.3) is 0 Å². The van der Waals surface area contributed by atoms with Crippen LogP contribution in [-0.4, -0.2) is 63.5 Å². The van der Waals surface area contributed by atoms with Crippen LogP contribution >= 0.6 is 7.82 Å². The maximum Gasteiger partial charge on any atom is 0.472 e. The third-order valence-corrected chi connectivity index (χ3v) is 7.07. The summed E-state index contributed by atoms with van der Waals surface area (Å²) in [5, 5.41) is 0. The van der Waals surface area contributed by atoms with Gasteiger partial charge in [0.15, 0.2) is 0 Å². The summed E-state index contributed by atoms with van der Waals surface area (Å²) in [6.45, 7) is 6.53. The zero-order chi connectivity index (χ0) is 25.5. The molecule has 206 valence electrons. The molecule has 1 N–H and O–H groups in total. The molecule has 34 heavy (non-hydrogen) atoms. The van der Waals surface area contributed by atoms with Gasteiger partial charge in [0.05, 0.1) is 34.4 Å². The van der Waals surface area contributed by atoms with Gasteiger partial charge in [-0.3, -0.25) is 9.05 Å². The maximum atomic E-state index is 11.9. The van der Waals surface area contributed by atoms with Gasteiger partial charge in [0.1, 0.15) is 13.2 Å². The molecule has 0 aliphatic heterocycles. The van der Waals surface area contributed by atoms with Crippen LogP contribution in [0.5, 0.6) is 0 Å². The van der Waals surface area contributed by atoms with Crippen molar-refractivity contribution in [3.63, 3.8) is 0 Å². The van der Waals surface area contributed by atoms with Crippen molar-refractivity contribution in [3.8, 4) is 0 Å². The molecular weight excluding hydrogens is 449 g/mol. The number of rotatable bonds is 26. The molecule has 6 nitrogen and oxygen atoms in total. The fourth-order valence-corrected chi connectivity index (χ4v) is 4.60. The van der Waals surface area contributed by atoms with Crippen molar-refractivity contribution >= 4 is 7.82 Å². The molecule has 2 atom stereocenters. The summed E-state index contributed by atoms with van der Waals surface area (Å²) in [6, 6.07) is 0. The second-order valence-electron chi connectivity index (χ2n) is 11.1. The van der Waals surface area contributed by atoms with Crippen molar-refractivity contribution < 1.29 is 27.7 Å². The standard InChI is InChI=1S/C27H58NO5P/c1-6-7-8-9-10-11-12-13-14-15-16-17-18-19-20-21-23-31-25-27(2)26-33-34(29,30)32-24-22-28(3,4)5/h27H,6-26H2,1-5H3/p+1/t27-/m1/s1. The third-order valence-electron chi connectivity index (χ3n) is 6.08. The fraction of sp³-hybridized carbons (Fsp3) is 1.00. The number of ether oxygens (including phenoxy) is 1. The van der Waals surface area contributed by atoms with E-state index in [4.69, 9.17) is 13.8 Å². The van der Waals surface area contributed by atoms with Gasteiger partial charge in [0.25, 0.3) is 0 Å². The Labute approximate surface area is 212 Å². The summed E-state index contributed by atoms with van der Waals surface area (Å²) in [5.74, 6) is 0.0588. The van der Waals surface area contributed by atoms with Crippen LogP contribution in [-0.2, 0) is 18.3 Å². The van der Waals surface area contributed by atoms with Crippen LogP contribution in [0.4, 0.5) is 0 Å². The Balaban J connectivity index is 3.37. The number of quaternary nitrogens is 1. The predicted molar refractivity (Wildman–Crippen MR) is 144 cm³/mol. The molecular formula is C27H59NO5P+. The summed E-state index contributed by atoms with van der Waals surface area (Å²) >= 11 is 0. The van der Waals surface area contributed by atoms with E-state index in [1.54, 1.807) is 0 Å². The SMILES string of the molecule is CCCCCCCCCCCCCCCCCCOC[C@@H](C)COP(=O)(O)OCC[N+](C)(C)C. The lowest BCUT2D eigenvalue weighted by molar-refractivity contribution is -0.870. The normalized spacial score (nSPS) is 14.9. The van der Waals surface area contributed by atoms with Gasteiger partial charge in [0, 0.05) is 12.5 Å². The number of phosphoric acid groups is 1. The van der Waals surface area contributed by atoms with Gasteiger partial charge in [-0.25, -0.2) is 4.57 Å². The average molecular weight is 509 g/mol. The number of phosphoric ester groups is 1. The predicted octanol–water partition coefficient (Wildman–Crippen LogP) is 7.74. The van der Waals surface area contributed by atoms with Crippen molar-refractivity contribution in [2.45, 2.75) is 117 Å². The molecule has 0 radical (unpaired) electrons. The molecule has 0 spiro atoms. The molecule has 0 aromatic rings. The number of likely N-dealkylation sites (N-methyl/N-ethyl adjacent to an activating group) is 1. The second kappa shape index (κ2) is 22.2. The third kappa shape index (κ3) is 26.6. The van der Waals surface area contributed by atoms with E-state index >= 15 is 0 Å². The second-order valence-corrected chi connectivity index (χ2v) is 12.5. The highest BCUT2D eigenvalue weighted by molar-refractivity contribution is 7.47. The minimum Gasteiger partial charge on any atom is -0.381 e. The molecule has 0 heterocycles. The van der Waals surface area contributed by atoms with E-state index in [9.17, 15) is 9.46 Å². The minimum absolute atomic E-state index is 0.0588. The molecule has 7 heteroatoms. The Morgan fingerprint density at radius 1 is 0.676 bits per heavy atom. The first-order chi connectivity index (χ1) is 16.2. The van der Waals surface area contributed by atoms with Crippen LogP contribution in [0, 0.1) is 5.92 Å². The van der Waals surface area contributed by atoms with Gasteiger partial charge >= 0.3 is 7.82 Å². The molecule has 0 saturated carbocycles. The molecule has 0 aromatic carbocycles. The van der Waals surface area contributed by atoms with Gasteiger partial charge in [-0.05, 0) is 6.42 Å². The van der Waals surface area contributed by atoms with Crippen molar-refractivity contribution in [2.75, 3.05) is 54.1 Å². The number of hydrogen-bond donors (Lipinski definition) is 1. The molecule has 0 saturated heterocycles. The van der Waals surface area contributed by atoms with E-state index in [0.717, 1.165) is 13.0 Å². The highest BCUT2D eigenvalue weighted by Gasteiger charge is 2.23. The lowest BCUT2D eigenvalue weighted by atomic mass is 10.0. The van der Waals surface area contributed by atoms with Crippen LogP contribution in [0.3, 0.4) is 0 Å². The molecule has 0 aliphatic carbocycles. The summed E-state index contributed by atoms with van der Waals surface area (Å²) < 4.78 is 28.4. The van der Waals surface area contributed by atoms with Crippen LogP contribution in [0.15, 0.2) is 0 Å². The summed E-state index contributed by atoms with van der Waals surface area (Å²) in [5.41, 5.74) is 0. The minimum atomic E-state index is -3.98. The number of nitrogens with zero attached hydrogens (tertiary/aromatic N) is 1. The Bertz CT molecular complexity index is 484. The van der Waals surface area contributed by atoms with E-state index < -0.39 is 7.82 Å². The number of hydrogen-bond acceptors (Lipinski definition) is 4. The van der Waals surface area contributed by atoms with Gasteiger partial charge in [-0.1, -0.05) is 110 Å².